The standard InChI is InChI=1S/C19H18N4O2.ClH/c1-11-8-15(23-12-4-7-16(24-2)17(9-12)25-3)18-13(22-11)5-6-14-19(18)21-10-20-14;/h4-10,22-23H,1-3H3;1H. The van der Waals surface area contributed by atoms with E-state index in [2.05, 4.69) is 26.3 Å². The maximum atomic E-state index is 5.39. The molecule has 6 nitrogen and oxygen atoms in total. The lowest BCUT2D eigenvalue weighted by Crippen LogP contribution is -1.97. The summed E-state index contributed by atoms with van der Waals surface area (Å²) < 4.78 is 10.7. The smallest absolute Gasteiger partial charge is 0.162 e. The minimum atomic E-state index is 0. The van der Waals surface area contributed by atoms with Gasteiger partial charge in [0.25, 0.3) is 0 Å². The number of ether oxygens (including phenoxy) is 2. The van der Waals surface area contributed by atoms with Gasteiger partial charge in [0, 0.05) is 28.4 Å². The number of hydrogen-bond acceptors (Lipinski definition) is 5. The number of aryl methyl sites for hydroxylation is 1. The summed E-state index contributed by atoms with van der Waals surface area (Å²) in [7, 11) is 3.25. The molecule has 26 heavy (non-hydrogen) atoms. The van der Waals surface area contributed by atoms with Crippen LogP contribution < -0.4 is 14.8 Å². The summed E-state index contributed by atoms with van der Waals surface area (Å²) in [5.41, 5.74) is 5.67. The molecule has 0 unspecified atom stereocenters. The van der Waals surface area contributed by atoms with Gasteiger partial charge in [0.2, 0.25) is 0 Å². The van der Waals surface area contributed by atoms with E-state index in [1.54, 1.807) is 20.5 Å². The van der Waals surface area contributed by atoms with Gasteiger partial charge in [0.1, 0.15) is 11.8 Å². The van der Waals surface area contributed by atoms with E-state index in [1.165, 1.54) is 0 Å². The van der Waals surface area contributed by atoms with Crippen molar-refractivity contribution in [3.63, 3.8) is 0 Å². The summed E-state index contributed by atoms with van der Waals surface area (Å²) >= 11 is 0. The summed E-state index contributed by atoms with van der Waals surface area (Å²) in [5, 5.41) is 4.48. The van der Waals surface area contributed by atoms with Gasteiger partial charge in [-0.15, -0.1) is 12.4 Å². The Bertz CT molecular complexity index is 1080. The van der Waals surface area contributed by atoms with Crippen LogP contribution in [0.1, 0.15) is 5.69 Å². The number of rotatable bonds is 4. The van der Waals surface area contributed by atoms with Crippen LogP contribution >= 0.6 is 12.4 Å². The number of aromatic amines is 1. The van der Waals surface area contributed by atoms with E-state index in [0.717, 1.165) is 39.0 Å². The molecule has 2 N–H and O–H groups in total. The summed E-state index contributed by atoms with van der Waals surface area (Å²) in [6, 6.07) is 11.8. The molecule has 0 amide bonds. The molecule has 0 radical (unpaired) electrons. The zero-order valence-electron chi connectivity index (χ0n) is 14.7. The van der Waals surface area contributed by atoms with E-state index in [-0.39, 0.29) is 12.4 Å². The largest absolute Gasteiger partial charge is 0.493 e. The van der Waals surface area contributed by atoms with Crippen molar-refractivity contribution in [2.75, 3.05) is 19.5 Å². The molecule has 2 aromatic carbocycles. The Morgan fingerprint density at radius 3 is 2.54 bits per heavy atom. The van der Waals surface area contributed by atoms with Gasteiger partial charge in [0.15, 0.2) is 11.5 Å². The third kappa shape index (κ3) is 2.99. The van der Waals surface area contributed by atoms with E-state index in [1.807, 2.05) is 37.3 Å². The molecule has 0 bridgehead atoms. The third-order valence-corrected chi connectivity index (χ3v) is 4.16. The highest BCUT2D eigenvalue weighted by atomic mass is 35.5. The molecule has 4 rings (SSSR count). The number of fused-ring (bicyclic) bond motifs is 3. The van der Waals surface area contributed by atoms with Crippen molar-refractivity contribution in [2.24, 2.45) is 0 Å². The lowest BCUT2D eigenvalue weighted by molar-refractivity contribution is 0.355. The molecule has 2 heterocycles. The van der Waals surface area contributed by atoms with Crippen LogP contribution in [0.25, 0.3) is 21.9 Å². The molecule has 134 valence electrons. The Hall–Kier alpha value is -2.99. The number of nitrogens with zero attached hydrogens (tertiary/aromatic N) is 2. The van der Waals surface area contributed by atoms with Crippen molar-refractivity contribution in [1.29, 1.82) is 0 Å². The first kappa shape index (κ1) is 17.8. The predicted molar refractivity (Wildman–Crippen MR) is 106 cm³/mol. The zero-order chi connectivity index (χ0) is 17.4. The second-order valence-corrected chi connectivity index (χ2v) is 5.79. The fourth-order valence-electron chi connectivity index (χ4n) is 3.05. The maximum Gasteiger partial charge on any atom is 0.162 e. The van der Waals surface area contributed by atoms with Crippen LogP contribution in [-0.4, -0.2) is 29.2 Å². The molecule has 0 aliphatic rings. The minimum absolute atomic E-state index is 0. The first-order valence-corrected chi connectivity index (χ1v) is 7.91. The Balaban J connectivity index is 0.00000196. The molecule has 0 saturated carbocycles. The number of H-pyrrole nitrogens is 1. The van der Waals surface area contributed by atoms with Gasteiger partial charge in [-0.05, 0) is 37.3 Å². The summed E-state index contributed by atoms with van der Waals surface area (Å²) in [6.07, 6.45) is 1.59. The van der Waals surface area contributed by atoms with E-state index >= 15 is 0 Å². The normalized spacial score (nSPS) is 10.6. The van der Waals surface area contributed by atoms with Crippen LogP contribution in [-0.2, 0) is 0 Å². The number of pyridine rings is 1. The van der Waals surface area contributed by atoms with Crippen molar-refractivity contribution in [1.82, 2.24) is 15.0 Å². The maximum absolute atomic E-state index is 5.39. The number of halogens is 1. The van der Waals surface area contributed by atoms with E-state index in [0.29, 0.717) is 11.5 Å². The lowest BCUT2D eigenvalue weighted by atomic mass is 10.1. The van der Waals surface area contributed by atoms with Crippen molar-refractivity contribution in [3.05, 3.63) is 48.4 Å². The summed E-state index contributed by atoms with van der Waals surface area (Å²) in [4.78, 5) is 12.1. The van der Waals surface area contributed by atoms with Crippen molar-refractivity contribution in [3.8, 4) is 11.5 Å². The van der Waals surface area contributed by atoms with Crippen molar-refractivity contribution >= 4 is 45.7 Å². The van der Waals surface area contributed by atoms with Crippen LogP contribution in [0.3, 0.4) is 0 Å². The zero-order valence-corrected chi connectivity index (χ0v) is 15.5. The van der Waals surface area contributed by atoms with Crippen LogP contribution in [0.4, 0.5) is 11.4 Å². The molecule has 0 fully saturated rings. The lowest BCUT2D eigenvalue weighted by Gasteiger charge is -2.14. The van der Waals surface area contributed by atoms with Gasteiger partial charge in [-0.3, -0.25) is 0 Å². The van der Waals surface area contributed by atoms with Crippen LogP contribution in [0.2, 0.25) is 0 Å². The Morgan fingerprint density at radius 1 is 0.962 bits per heavy atom. The number of anilines is 2. The molecular formula is C19H19ClN4O2. The average Bonchev–Trinajstić information content (AvgIpc) is 3.09. The third-order valence-electron chi connectivity index (χ3n) is 4.16. The Labute approximate surface area is 157 Å². The van der Waals surface area contributed by atoms with Gasteiger partial charge in [-0.2, -0.15) is 0 Å². The van der Waals surface area contributed by atoms with E-state index in [9.17, 15) is 0 Å². The molecular weight excluding hydrogens is 352 g/mol. The number of aromatic nitrogens is 3. The number of imidazole rings is 1. The molecule has 0 atom stereocenters. The average molecular weight is 371 g/mol. The Morgan fingerprint density at radius 2 is 1.77 bits per heavy atom. The predicted octanol–water partition coefficient (Wildman–Crippen LogP) is 4.60. The highest BCUT2D eigenvalue weighted by Crippen LogP contribution is 2.34. The molecule has 4 aromatic rings. The molecule has 0 aliphatic heterocycles. The molecule has 2 aromatic heterocycles. The molecule has 0 saturated heterocycles. The highest BCUT2D eigenvalue weighted by molar-refractivity contribution is 6.10. The molecule has 7 heteroatoms. The first-order valence-electron chi connectivity index (χ1n) is 7.91. The van der Waals surface area contributed by atoms with E-state index in [4.69, 9.17) is 9.47 Å². The van der Waals surface area contributed by atoms with Gasteiger partial charge >= 0.3 is 0 Å². The van der Waals surface area contributed by atoms with Gasteiger partial charge in [0.05, 0.1) is 25.4 Å². The second kappa shape index (κ2) is 7.09. The van der Waals surface area contributed by atoms with Crippen molar-refractivity contribution in [2.45, 2.75) is 6.92 Å². The monoisotopic (exact) mass is 370 g/mol. The second-order valence-electron chi connectivity index (χ2n) is 5.79. The number of methoxy groups -OCH3 is 2. The SMILES string of the molecule is COc1ccc(Nc2cc(C)[nH]c3ccc4ncnc4c23)cc1OC.Cl. The van der Waals surface area contributed by atoms with E-state index < -0.39 is 0 Å². The van der Waals surface area contributed by atoms with Gasteiger partial charge in [-0.25, -0.2) is 9.97 Å². The highest BCUT2D eigenvalue weighted by Gasteiger charge is 2.11. The minimum Gasteiger partial charge on any atom is -0.493 e. The first-order chi connectivity index (χ1) is 12.2. The van der Waals surface area contributed by atoms with Crippen LogP contribution in [0.5, 0.6) is 11.5 Å². The fourth-order valence-corrected chi connectivity index (χ4v) is 3.05. The number of benzene rings is 2. The quantitative estimate of drug-likeness (QED) is 0.549. The van der Waals surface area contributed by atoms with Crippen LogP contribution in [0.15, 0.2) is 42.7 Å². The van der Waals surface area contributed by atoms with Gasteiger partial charge in [-0.1, -0.05) is 0 Å². The van der Waals surface area contributed by atoms with Crippen molar-refractivity contribution < 1.29 is 9.47 Å². The Kier molecular flexibility index (Phi) is 4.86. The number of hydrogen-bond donors (Lipinski definition) is 2. The number of nitrogens with one attached hydrogen (secondary N) is 2. The fraction of sp³-hybridized carbons (Fsp3) is 0.158. The topological polar surface area (TPSA) is 72.1 Å². The molecule has 0 spiro atoms. The summed E-state index contributed by atoms with van der Waals surface area (Å²) in [6.45, 7) is 2.03. The van der Waals surface area contributed by atoms with Gasteiger partial charge < -0.3 is 19.8 Å². The molecule has 0 aliphatic carbocycles. The summed E-state index contributed by atoms with van der Waals surface area (Å²) in [5.74, 6) is 1.37. The van der Waals surface area contributed by atoms with Crippen LogP contribution in [0, 0.1) is 6.92 Å².